The second kappa shape index (κ2) is 6.42. The Labute approximate surface area is 124 Å². The number of aromatic nitrogens is 2. The molecule has 1 aromatic heterocycles. The lowest BCUT2D eigenvalue weighted by molar-refractivity contribution is -0.384. The molecule has 2 aromatic rings. The Hall–Kier alpha value is -2.02. The van der Waals surface area contributed by atoms with E-state index in [1.807, 2.05) is 19.1 Å². The summed E-state index contributed by atoms with van der Waals surface area (Å²) in [5, 5.41) is 14.1. The maximum absolute atomic E-state index is 11.1. The maximum Gasteiger partial charge on any atom is 0.313 e. The summed E-state index contributed by atoms with van der Waals surface area (Å²) in [7, 11) is 0. The lowest BCUT2D eigenvalue weighted by atomic mass is 10.1. The van der Waals surface area contributed by atoms with E-state index in [2.05, 4.69) is 31.2 Å². The highest BCUT2D eigenvalue weighted by Crippen LogP contribution is 2.29. The normalized spacial score (nSPS) is 10.3. The maximum atomic E-state index is 11.1. The van der Waals surface area contributed by atoms with Crippen LogP contribution in [0.25, 0.3) is 11.3 Å². The summed E-state index contributed by atoms with van der Waals surface area (Å²) in [5.41, 5.74) is 0.878. The van der Waals surface area contributed by atoms with E-state index in [1.54, 1.807) is 12.1 Å². The van der Waals surface area contributed by atoms with Crippen molar-refractivity contribution in [3.63, 3.8) is 0 Å². The Bertz CT molecular complexity index is 634. The van der Waals surface area contributed by atoms with Gasteiger partial charge in [-0.15, -0.1) is 0 Å². The molecule has 0 atom stereocenters. The van der Waals surface area contributed by atoms with Crippen molar-refractivity contribution >= 4 is 27.6 Å². The van der Waals surface area contributed by atoms with E-state index >= 15 is 0 Å². The van der Waals surface area contributed by atoms with Gasteiger partial charge in [-0.25, -0.2) is 9.97 Å². The molecule has 6 nitrogen and oxygen atoms in total. The Kier molecular flexibility index (Phi) is 4.62. The summed E-state index contributed by atoms with van der Waals surface area (Å²) >= 11 is 3.35. The van der Waals surface area contributed by atoms with Crippen LogP contribution >= 0.6 is 15.9 Å². The Morgan fingerprint density at radius 1 is 1.45 bits per heavy atom. The van der Waals surface area contributed by atoms with Crippen LogP contribution < -0.4 is 5.32 Å². The monoisotopic (exact) mass is 336 g/mol. The van der Waals surface area contributed by atoms with E-state index in [9.17, 15) is 10.1 Å². The number of anilines is 1. The van der Waals surface area contributed by atoms with Crippen LogP contribution in [-0.2, 0) is 0 Å². The minimum Gasteiger partial charge on any atom is -0.354 e. The average molecular weight is 337 g/mol. The molecule has 1 heterocycles. The minimum absolute atomic E-state index is 0.106. The van der Waals surface area contributed by atoms with Crippen molar-refractivity contribution in [3.05, 3.63) is 45.0 Å². The van der Waals surface area contributed by atoms with Crippen molar-refractivity contribution in [1.29, 1.82) is 0 Å². The van der Waals surface area contributed by atoms with Gasteiger partial charge in [0.2, 0.25) is 5.95 Å². The lowest BCUT2D eigenvalue weighted by Gasteiger charge is -2.06. The summed E-state index contributed by atoms with van der Waals surface area (Å²) in [6, 6.07) is 7.24. The predicted molar refractivity (Wildman–Crippen MR) is 80.6 cm³/mol. The van der Waals surface area contributed by atoms with Gasteiger partial charge in [-0.1, -0.05) is 35.0 Å². The first-order chi connectivity index (χ1) is 9.61. The predicted octanol–water partition coefficient (Wildman–Crippen LogP) is 3.64. The zero-order valence-corrected chi connectivity index (χ0v) is 12.4. The molecule has 0 aliphatic rings. The molecule has 0 spiro atoms. The smallest absolute Gasteiger partial charge is 0.313 e. The quantitative estimate of drug-likeness (QED) is 0.665. The summed E-state index contributed by atoms with van der Waals surface area (Å²) < 4.78 is 0.839. The van der Waals surface area contributed by atoms with Crippen molar-refractivity contribution in [1.82, 2.24) is 9.97 Å². The summed E-state index contributed by atoms with van der Waals surface area (Å²) in [6.07, 6.45) is 2.16. The molecule has 1 aromatic carbocycles. The largest absolute Gasteiger partial charge is 0.354 e. The Morgan fingerprint density at radius 3 is 2.90 bits per heavy atom. The van der Waals surface area contributed by atoms with Crippen molar-refractivity contribution < 1.29 is 4.92 Å². The molecular formula is C13H13BrN4O2. The van der Waals surface area contributed by atoms with Crippen LogP contribution in [0.2, 0.25) is 0 Å². The zero-order valence-electron chi connectivity index (χ0n) is 10.8. The molecule has 0 fully saturated rings. The van der Waals surface area contributed by atoms with Gasteiger partial charge in [-0.2, -0.15) is 0 Å². The highest BCUT2D eigenvalue weighted by Gasteiger charge is 2.18. The van der Waals surface area contributed by atoms with E-state index in [-0.39, 0.29) is 5.69 Å². The first-order valence-corrected chi connectivity index (χ1v) is 6.92. The first kappa shape index (κ1) is 14.4. The number of nitro groups is 1. The average Bonchev–Trinajstić information content (AvgIpc) is 2.44. The number of nitrogens with zero attached hydrogens (tertiary/aromatic N) is 3. The van der Waals surface area contributed by atoms with Gasteiger partial charge >= 0.3 is 5.69 Å². The van der Waals surface area contributed by atoms with Crippen molar-refractivity contribution in [3.8, 4) is 11.3 Å². The van der Waals surface area contributed by atoms with Crippen LogP contribution in [0, 0.1) is 10.1 Å². The Balaban J connectivity index is 2.49. The highest BCUT2D eigenvalue weighted by atomic mass is 79.9. The highest BCUT2D eigenvalue weighted by molar-refractivity contribution is 9.10. The van der Waals surface area contributed by atoms with E-state index in [0.717, 1.165) is 17.4 Å². The van der Waals surface area contributed by atoms with Gasteiger partial charge in [0, 0.05) is 16.6 Å². The minimum atomic E-state index is -0.472. The molecule has 0 amide bonds. The van der Waals surface area contributed by atoms with Crippen LogP contribution in [0.5, 0.6) is 0 Å². The van der Waals surface area contributed by atoms with Gasteiger partial charge in [0.1, 0.15) is 6.20 Å². The summed E-state index contributed by atoms with van der Waals surface area (Å²) in [6.45, 7) is 2.74. The topological polar surface area (TPSA) is 81.0 Å². The van der Waals surface area contributed by atoms with E-state index < -0.39 is 4.92 Å². The van der Waals surface area contributed by atoms with Crippen molar-refractivity contribution in [2.75, 3.05) is 11.9 Å². The molecule has 0 aliphatic heterocycles. The standard InChI is InChI=1S/C13H13BrN4O2/c1-2-6-15-13-16-8-11(18(19)20)12(17-13)9-4-3-5-10(14)7-9/h3-5,7-8H,2,6H2,1H3,(H,15,16,17). The number of benzene rings is 1. The number of hydrogen-bond donors (Lipinski definition) is 1. The summed E-state index contributed by atoms with van der Waals surface area (Å²) in [5.74, 6) is 0.396. The molecule has 7 heteroatoms. The summed E-state index contributed by atoms with van der Waals surface area (Å²) in [4.78, 5) is 18.9. The van der Waals surface area contributed by atoms with E-state index in [4.69, 9.17) is 0 Å². The molecule has 0 saturated carbocycles. The molecule has 0 bridgehead atoms. The van der Waals surface area contributed by atoms with Crippen molar-refractivity contribution in [2.24, 2.45) is 0 Å². The van der Waals surface area contributed by atoms with Crippen molar-refractivity contribution in [2.45, 2.75) is 13.3 Å². The molecule has 0 saturated heterocycles. The Morgan fingerprint density at radius 2 is 2.25 bits per heavy atom. The molecule has 0 unspecified atom stereocenters. The van der Waals surface area contributed by atoms with Gasteiger partial charge < -0.3 is 5.32 Å². The SMILES string of the molecule is CCCNc1ncc([N+](=O)[O-])c(-c2cccc(Br)c2)n1. The van der Waals surface area contributed by atoms with E-state index in [0.29, 0.717) is 17.2 Å². The third-order valence-electron chi connectivity index (χ3n) is 2.60. The molecule has 0 aliphatic carbocycles. The third kappa shape index (κ3) is 3.30. The molecule has 0 radical (unpaired) electrons. The van der Waals surface area contributed by atoms with Gasteiger partial charge in [0.05, 0.1) is 4.92 Å². The van der Waals surface area contributed by atoms with Crippen LogP contribution in [-0.4, -0.2) is 21.4 Å². The molecule has 104 valence electrons. The van der Waals surface area contributed by atoms with E-state index in [1.165, 1.54) is 6.20 Å². The molecule has 2 rings (SSSR count). The van der Waals surface area contributed by atoms with Gasteiger partial charge in [0.25, 0.3) is 0 Å². The second-order valence-corrected chi connectivity index (χ2v) is 5.04. The lowest BCUT2D eigenvalue weighted by Crippen LogP contribution is -2.06. The number of rotatable bonds is 5. The van der Waals surface area contributed by atoms with Gasteiger partial charge in [0.15, 0.2) is 5.69 Å². The molecule has 20 heavy (non-hydrogen) atoms. The number of nitrogens with one attached hydrogen (secondary N) is 1. The number of hydrogen-bond acceptors (Lipinski definition) is 5. The molecular weight excluding hydrogens is 324 g/mol. The first-order valence-electron chi connectivity index (χ1n) is 6.13. The second-order valence-electron chi connectivity index (χ2n) is 4.12. The fourth-order valence-electron chi connectivity index (χ4n) is 1.68. The van der Waals surface area contributed by atoms with Gasteiger partial charge in [-0.05, 0) is 18.6 Å². The third-order valence-corrected chi connectivity index (χ3v) is 3.09. The fourth-order valence-corrected chi connectivity index (χ4v) is 2.08. The van der Waals surface area contributed by atoms with Crippen LogP contribution in [0.4, 0.5) is 11.6 Å². The fraction of sp³-hybridized carbons (Fsp3) is 0.231. The van der Waals surface area contributed by atoms with Crippen LogP contribution in [0.3, 0.4) is 0 Å². The van der Waals surface area contributed by atoms with Crippen LogP contribution in [0.15, 0.2) is 34.9 Å². The van der Waals surface area contributed by atoms with Gasteiger partial charge in [-0.3, -0.25) is 10.1 Å². The zero-order chi connectivity index (χ0) is 14.5. The van der Waals surface area contributed by atoms with Crippen LogP contribution in [0.1, 0.15) is 13.3 Å². The number of halogens is 1. The molecule has 1 N–H and O–H groups in total.